The molecular weight excluding hydrogens is 272 g/mol. The molecule has 0 unspecified atom stereocenters. The first-order valence-electron chi connectivity index (χ1n) is 6.50. The van der Waals surface area contributed by atoms with Gasteiger partial charge in [0, 0.05) is 30.3 Å². The lowest BCUT2D eigenvalue weighted by Gasteiger charge is -2.19. The fourth-order valence-electron chi connectivity index (χ4n) is 2.51. The van der Waals surface area contributed by atoms with Gasteiger partial charge in [-0.1, -0.05) is 5.11 Å². The van der Waals surface area contributed by atoms with E-state index in [1.807, 2.05) is 17.0 Å². The molecule has 1 saturated heterocycles. The molecule has 1 N–H and O–H groups in total. The van der Waals surface area contributed by atoms with Crippen LogP contribution in [0.1, 0.15) is 0 Å². The highest BCUT2D eigenvalue weighted by atomic mass is 16.5. The number of fused-ring (bicyclic) bond motifs is 1. The SMILES string of the molecule is COc1ccc2nccc(N3C[C@@H](O)[C@H](N=[N+]=[N-])C3)c2n1. The third kappa shape index (κ3) is 2.42. The number of pyridine rings is 2. The molecule has 2 aromatic heterocycles. The van der Waals surface area contributed by atoms with Gasteiger partial charge in [-0.2, -0.15) is 0 Å². The maximum Gasteiger partial charge on any atom is 0.213 e. The number of aliphatic hydroxyl groups is 1. The van der Waals surface area contributed by atoms with Gasteiger partial charge >= 0.3 is 0 Å². The maximum atomic E-state index is 9.96. The molecular formula is C13H14N6O2. The zero-order valence-electron chi connectivity index (χ0n) is 11.4. The minimum absolute atomic E-state index is 0.391. The maximum absolute atomic E-state index is 9.96. The number of rotatable bonds is 3. The second-order valence-electron chi connectivity index (χ2n) is 4.80. The zero-order chi connectivity index (χ0) is 14.8. The van der Waals surface area contributed by atoms with Crippen LogP contribution in [-0.2, 0) is 0 Å². The molecule has 1 aliphatic heterocycles. The molecule has 8 heteroatoms. The smallest absolute Gasteiger partial charge is 0.213 e. The second-order valence-corrected chi connectivity index (χ2v) is 4.80. The topological polar surface area (TPSA) is 107 Å². The number of methoxy groups -OCH3 is 1. The minimum atomic E-state index is -0.685. The Hall–Kier alpha value is -2.57. The standard InChI is InChI=1S/C13H14N6O2/c1-21-12-3-2-8-13(16-12)10(4-5-15-8)19-6-9(17-18-14)11(20)7-19/h2-5,9,11,20H,6-7H2,1H3/t9-,11-/m1/s1. The highest BCUT2D eigenvalue weighted by Crippen LogP contribution is 2.29. The van der Waals surface area contributed by atoms with Gasteiger partial charge in [0.2, 0.25) is 5.88 Å². The first-order valence-corrected chi connectivity index (χ1v) is 6.50. The van der Waals surface area contributed by atoms with Crippen molar-refractivity contribution < 1.29 is 9.84 Å². The summed E-state index contributed by atoms with van der Waals surface area (Å²) in [6.07, 6.45) is 1.01. The Morgan fingerprint density at radius 3 is 3.05 bits per heavy atom. The molecule has 0 amide bonds. The van der Waals surface area contributed by atoms with Gasteiger partial charge < -0.3 is 14.7 Å². The van der Waals surface area contributed by atoms with Crippen LogP contribution in [0.2, 0.25) is 0 Å². The third-order valence-electron chi connectivity index (χ3n) is 3.55. The van der Waals surface area contributed by atoms with E-state index in [9.17, 15) is 5.11 Å². The lowest BCUT2D eigenvalue weighted by Crippen LogP contribution is -2.21. The first kappa shape index (κ1) is 13.4. The summed E-state index contributed by atoms with van der Waals surface area (Å²) in [6.45, 7) is 0.838. The fraction of sp³-hybridized carbons (Fsp3) is 0.385. The first-order chi connectivity index (χ1) is 10.2. The van der Waals surface area contributed by atoms with E-state index in [-0.39, 0.29) is 0 Å². The van der Waals surface area contributed by atoms with Crippen molar-refractivity contribution in [3.63, 3.8) is 0 Å². The van der Waals surface area contributed by atoms with E-state index in [0.29, 0.717) is 24.5 Å². The summed E-state index contributed by atoms with van der Waals surface area (Å²) in [5, 5.41) is 13.6. The molecule has 3 heterocycles. The lowest BCUT2D eigenvalue weighted by atomic mass is 10.2. The second kappa shape index (κ2) is 5.43. The predicted molar refractivity (Wildman–Crippen MR) is 77.2 cm³/mol. The molecule has 0 saturated carbocycles. The molecule has 1 aliphatic rings. The molecule has 0 aromatic carbocycles. The monoisotopic (exact) mass is 286 g/mol. The van der Waals surface area contributed by atoms with Crippen LogP contribution in [-0.4, -0.2) is 47.4 Å². The van der Waals surface area contributed by atoms with E-state index >= 15 is 0 Å². The summed E-state index contributed by atoms with van der Waals surface area (Å²) in [5.41, 5.74) is 10.8. The number of anilines is 1. The van der Waals surface area contributed by atoms with Crippen LogP contribution in [0.15, 0.2) is 29.5 Å². The number of hydrogen-bond donors (Lipinski definition) is 1. The van der Waals surface area contributed by atoms with Crippen LogP contribution in [0.4, 0.5) is 5.69 Å². The molecule has 0 bridgehead atoms. The molecule has 1 fully saturated rings. The summed E-state index contributed by atoms with van der Waals surface area (Å²) >= 11 is 0. The van der Waals surface area contributed by atoms with Crippen LogP contribution < -0.4 is 9.64 Å². The van der Waals surface area contributed by atoms with Crippen LogP contribution in [0, 0.1) is 0 Å². The summed E-state index contributed by atoms with van der Waals surface area (Å²) in [7, 11) is 1.56. The molecule has 0 spiro atoms. The van der Waals surface area contributed by atoms with E-state index in [0.717, 1.165) is 11.2 Å². The van der Waals surface area contributed by atoms with Crippen molar-refractivity contribution >= 4 is 16.7 Å². The summed E-state index contributed by atoms with van der Waals surface area (Å²) in [6, 6.07) is 4.96. The molecule has 8 nitrogen and oxygen atoms in total. The summed E-state index contributed by atoms with van der Waals surface area (Å²) < 4.78 is 5.15. The molecule has 0 aliphatic carbocycles. The molecule has 0 radical (unpaired) electrons. The van der Waals surface area contributed by atoms with Crippen LogP contribution in [0.25, 0.3) is 21.5 Å². The van der Waals surface area contributed by atoms with E-state index in [1.165, 1.54) is 0 Å². The van der Waals surface area contributed by atoms with Crippen LogP contribution in [0.5, 0.6) is 5.88 Å². The summed E-state index contributed by atoms with van der Waals surface area (Å²) in [5.74, 6) is 0.503. The molecule has 108 valence electrons. The van der Waals surface area contributed by atoms with E-state index in [1.54, 1.807) is 19.4 Å². The van der Waals surface area contributed by atoms with Gasteiger partial charge in [0.1, 0.15) is 5.52 Å². The quantitative estimate of drug-likeness (QED) is 0.522. The van der Waals surface area contributed by atoms with Crippen molar-refractivity contribution in [1.82, 2.24) is 9.97 Å². The van der Waals surface area contributed by atoms with E-state index in [4.69, 9.17) is 10.3 Å². The average molecular weight is 286 g/mol. The van der Waals surface area contributed by atoms with Gasteiger partial charge in [0.05, 0.1) is 30.5 Å². The Bertz CT molecular complexity index is 715. The Morgan fingerprint density at radius 1 is 1.43 bits per heavy atom. The van der Waals surface area contributed by atoms with Gasteiger partial charge in [0.25, 0.3) is 0 Å². The highest BCUT2D eigenvalue weighted by Gasteiger charge is 2.31. The number of β-amino-alcohol motifs (C(OH)–C–C–N with tert-alkyl or cyclic N) is 1. The lowest BCUT2D eigenvalue weighted by molar-refractivity contribution is 0.180. The fourth-order valence-corrected chi connectivity index (χ4v) is 2.51. The third-order valence-corrected chi connectivity index (χ3v) is 3.55. The molecule has 3 rings (SSSR count). The minimum Gasteiger partial charge on any atom is -0.481 e. The number of azide groups is 1. The number of ether oxygens (including phenoxy) is 1. The average Bonchev–Trinajstić information content (AvgIpc) is 2.87. The predicted octanol–water partition coefficient (Wildman–Crippen LogP) is 1.50. The Kier molecular flexibility index (Phi) is 3.47. The zero-order valence-corrected chi connectivity index (χ0v) is 11.4. The summed E-state index contributed by atoms with van der Waals surface area (Å²) in [4.78, 5) is 13.4. The van der Waals surface area contributed by atoms with Gasteiger partial charge in [-0.25, -0.2) is 4.98 Å². The Balaban J connectivity index is 2.02. The number of nitrogens with zero attached hydrogens (tertiary/aromatic N) is 6. The molecule has 2 atom stereocenters. The van der Waals surface area contributed by atoms with E-state index in [2.05, 4.69) is 20.0 Å². The molecule has 21 heavy (non-hydrogen) atoms. The Labute approximate surface area is 120 Å². The Morgan fingerprint density at radius 2 is 2.29 bits per heavy atom. The van der Waals surface area contributed by atoms with Gasteiger partial charge in [-0.05, 0) is 17.7 Å². The van der Waals surface area contributed by atoms with E-state index < -0.39 is 12.1 Å². The van der Waals surface area contributed by atoms with Crippen molar-refractivity contribution in [2.24, 2.45) is 5.11 Å². The number of aromatic nitrogens is 2. The normalized spacial score (nSPS) is 21.3. The number of hydrogen-bond acceptors (Lipinski definition) is 6. The van der Waals surface area contributed by atoms with Crippen molar-refractivity contribution in [3.8, 4) is 5.88 Å². The largest absolute Gasteiger partial charge is 0.481 e. The van der Waals surface area contributed by atoms with Gasteiger partial charge in [-0.15, -0.1) is 0 Å². The van der Waals surface area contributed by atoms with Crippen molar-refractivity contribution in [2.75, 3.05) is 25.1 Å². The van der Waals surface area contributed by atoms with Crippen LogP contribution in [0.3, 0.4) is 0 Å². The highest BCUT2D eigenvalue weighted by molar-refractivity contribution is 5.88. The number of aliphatic hydroxyl groups excluding tert-OH is 1. The van der Waals surface area contributed by atoms with Crippen LogP contribution >= 0.6 is 0 Å². The van der Waals surface area contributed by atoms with Crippen molar-refractivity contribution in [1.29, 1.82) is 0 Å². The van der Waals surface area contributed by atoms with Crippen molar-refractivity contribution in [2.45, 2.75) is 12.1 Å². The molecule has 2 aromatic rings. The van der Waals surface area contributed by atoms with Crippen molar-refractivity contribution in [3.05, 3.63) is 34.8 Å². The van der Waals surface area contributed by atoms with Gasteiger partial charge in [0.15, 0.2) is 0 Å². The van der Waals surface area contributed by atoms with Gasteiger partial charge in [-0.3, -0.25) is 4.98 Å².